The standard InChI is InChI=1S/C24H26FN3O3/c1-2-3-13-28-23(30)20-10-5-17(16-21(20)24(28)31)22(29)27-12-4-11-26(14-15-27)19-8-6-18(25)7-9-19/h5-10,16H,2-4,11-15H2,1H3. The van der Waals surface area contributed by atoms with E-state index < -0.39 is 0 Å². The number of rotatable bonds is 5. The number of carbonyl (C=O) groups is 3. The first-order valence-corrected chi connectivity index (χ1v) is 10.8. The zero-order valence-corrected chi connectivity index (χ0v) is 17.6. The molecule has 0 spiro atoms. The molecular weight excluding hydrogens is 397 g/mol. The van der Waals surface area contributed by atoms with Crippen LogP contribution in [0.1, 0.15) is 57.3 Å². The third-order valence-electron chi connectivity index (χ3n) is 5.93. The summed E-state index contributed by atoms with van der Waals surface area (Å²) in [7, 11) is 0. The third-order valence-corrected chi connectivity index (χ3v) is 5.93. The molecule has 0 saturated carbocycles. The molecule has 2 aliphatic rings. The predicted octanol–water partition coefficient (Wildman–Crippen LogP) is 3.57. The van der Waals surface area contributed by atoms with Crippen molar-refractivity contribution in [1.29, 1.82) is 0 Å². The van der Waals surface area contributed by atoms with Crippen LogP contribution in [0.5, 0.6) is 0 Å². The van der Waals surface area contributed by atoms with Gasteiger partial charge in [0, 0.05) is 44.0 Å². The number of hydrogen-bond acceptors (Lipinski definition) is 4. The Morgan fingerprint density at radius 2 is 1.68 bits per heavy atom. The van der Waals surface area contributed by atoms with E-state index in [1.807, 2.05) is 6.92 Å². The molecule has 3 amide bonds. The molecule has 0 unspecified atom stereocenters. The summed E-state index contributed by atoms with van der Waals surface area (Å²) >= 11 is 0. The summed E-state index contributed by atoms with van der Waals surface area (Å²) in [6.07, 6.45) is 2.44. The van der Waals surface area contributed by atoms with Gasteiger partial charge in [0.05, 0.1) is 11.1 Å². The lowest BCUT2D eigenvalue weighted by Crippen LogP contribution is -2.35. The average molecular weight is 423 g/mol. The van der Waals surface area contributed by atoms with Crippen molar-refractivity contribution in [3.8, 4) is 0 Å². The second kappa shape index (κ2) is 8.88. The molecule has 7 heteroatoms. The van der Waals surface area contributed by atoms with Crippen LogP contribution in [0.4, 0.5) is 10.1 Å². The highest BCUT2D eigenvalue weighted by molar-refractivity contribution is 6.22. The van der Waals surface area contributed by atoms with Crippen LogP contribution in [-0.2, 0) is 0 Å². The van der Waals surface area contributed by atoms with Gasteiger partial charge in [-0.15, -0.1) is 0 Å². The molecule has 2 aromatic rings. The van der Waals surface area contributed by atoms with Gasteiger partial charge in [0.15, 0.2) is 0 Å². The molecule has 6 nitrogen and oxygen atoms in total. The normalized spacial score (nSPS) is 16.5. The SMILES string of the molecule is CCCCN1C(=O)c2ccc(C(=O)N3CCCN(c4ccc(F)cc4)CC3)cc2C1=O. The minimum atomic E-state index is -0.318. The fourth-order valence-corrected chi connectivity index (χ4v) is 4.16. The van der Waals surface area contributed by atoms with Gasteiger partial charge in [0.1, 0.15) is 5.82 Å². The molecule has 0 aromatic heterocycles. The van der Waals surface area contributed by atoms with Crippen molar-refractivity contribution in [2.24, 2.45) is 0 Å². The topological polar surface area (TPSA) is 60.9 Å². The number of fused-ring (bicyclic) bond motifs is 1. The van der Waals surface area contributed by atoms with Crippen LogP contribution in [-0.4, -0.2) is 60.2 Å². The van der Waals surface area contributed by atoms with E-state index in [-0.39, 0.29) is 23.5 Å². The van der Waals surface area contributed by atoms with E-state index in [0.29, 0.717) is 42.9 Å². The second-order valence-corrected chi connectivity index (χ2v) is 7.99. The third kappa shape index (κ3) is 4.17. The lowest BCUT2D eigenvalue weighted by atomic mass is 10.0. The molecular formula is C24H26FN3O3. The van der Waals surface area contributed by atoms with Crippen LogP contribution in [0.15, 0.2) is 42.5 Å². The second-order valence-electron chi connectivity index (χ2n) is 7.99. The van der Waals surface area contributed by atoms with Crippen LogP contribution < -0.4 is 4.90 Å². The molecule has 0 aliphatic carbocycles. The smallest absolute Gasteiger partial charge is 0.261 e. The van der Waals surface area contributed by atoms with E-state index in [1.54, 1.807) is 35.2 Å². The van der Waals surface area contributed by atoms with Gasteiger partial charge in [0.2, 0.25) is 0 Å². The summed E-state index contributed by atoms with van der Waals surface area (Å²) in [6.45, 7) is 4.96. The number of imide groups is 1. The van der Waals surface area contributed by atoms with Gasteiger partial charge in [-0.3, -0.25) is 19.3 Å². The Morgan fingerprint density at radius 3 is 2.42 bits per heavy atom. The quantitative estimate of drug-likeness (QED) is 0.690. The first-order chi connectivity index (χ1) is 15.0. The minimum Gasteiger partial charge on any atom is -0.370 e. The van der Waals surface area contributed by atoms with Crippen molar-refractivity contribution in [1.82, 2.24) is 9.80 Å². The van der Waals surface area contributed by atoms with Crippen molar-refractivity contribution >= 4 is 23.4 Å². The Kier molecular flexibility index (Phi) is 6.02. The largest absolute Gasteiger partial charge is 0.370 e. The molecule has 0 bridgehead atoms. The number of anilines is 1. The van der Waals surface area contributed by atoms with Gasteiger partial charge in [-0.05, 0) is 55.3 Å². The Morgan fingerprint density at radius 1 is 0.935 bits per heavy atom. The van der Waals surface area contributed by atoms with Crippen molar-refractivity contribution in [3.63, 3.8) is 0 Å². The fourth-order valence-electron chi connectivity index (χ4n) is 4.16. The predicted molar refractivity (Wildman–Crippen MR) is 116 cm³/mol. The van der Waals surface area contributed by atoms with Crippen molar-refractivity contribution < 1.29 is 18.8 Å². The highest BCUT2D eigenvalue weighted by Crippen LogP contribution is 2.25. The van der Waals surface area contributed by atoms with E-state index in [0.717, 1.165) is 31.5 Å². The van der Waals surface area contributed by atoms with Crippen molar-refractivity contribution in [2.75, 3.05) is 37.6 Å². The lowest BCUT2D eigenvalue weighted by molar-refractivity contribution is 0.0652. The lowest BCUT2D eigenvalue weighted by Gasteiger charge is -2.24. The molecule has 2 heterocycles. The summed E-state index contributed by atoms with van der Waals surface area (Å²) in [5.74, 6) is -1.01. The number of unbranched alkanes of at least 4 members (excludes halogenated alkanes) is 1. The maximum atomic E-state index is 13.2. The molecule has 2 aromatic carbocycles. The average Bonchev–Trinajstić information content (AvgIpc) is 2.94. The van der Waals surface area contributed by atoms with Crippen molar-refractivity contribution in [2.45, 2.75) is 26.2 Å². The van der Waals surface area contributed by atoms with Gasteiger partial charge in [-0.2, -0.15) is 0 Å². The molecule has 0 radical (unpaired) electrons. The zero-order valence-electron chi connectivity index (χ0n) is 17.6. The van der Waals surface area contributed by atoms with Crippen molar-refractivity contribution in [3.05, 3.63) is 65.0 Å². The van der Waals surface area contributed by atoms with E-state index >= 15 is 0 Å². The van der Waals surface area contributed by atoms with Crippen LogP contribution in [0.2, 0.25) is 0 Å². The summed E-state index contributed by atoms with van der Waals surface area (Å²) in [6, 6.07) is 11.2. The minimum absolute atomic E-state index is 0.143. The Bertz CT molecular complexity index is 1010. The molecule has 4 rings (SSSR count). The molecule has 0 N–H and O–H groups in total. The summed E-state index contributed by atoms with van der Waals surface area (Å²) in [5, 5.41) is 0. The summed E-state index contributed by atoms with van der Waals surface area (Å²) in [5.41, 5.74) is 2.04. The first kappa shape index (κ1) is 21.0. The van der Waals surface area contributed by atoms with Gasteiger partial charge in [0.25, 0.3) is 17.7 Å². The van der Waals surface area contributed by atoms with Crippen LogP contribution in [0.3, 0.4) is 0 Å². The summed E-state index contributed by atoms with van der Waals surface area (Å²) < 4.78 is 13.2. The molecule has 0 atom stereocenters. The molecule has 1 fully saturated rings. The highest BCUT2D eigenvalue weighted by atomic mass is 19.1. The van der Waals surface area contributed by atoms with E-state index in [4.69, 9.17) is 0 Å². The Labute approximate surface area is 181 Å². The maximum absolute atomic E-state index is 13.2. The monoisotopic (exact) mass is 423 g/mol. The fraction of sp³-hybridized carbons (Fsp3) is 0.375. The Hall–Kier alpha value is -3.22. The van der Waals surface area contributed by atoms with Crippen LogP contribution in [0.25, 0.3) is 0 Å². The number of benzene rings is 2. The molecule has 1 saturated heterocycles. The van der Waals surface area contributed by atoms with E-state index in [1.165, 1.54) is 17.0 Å². The van der Waals surface area contributed by atoms with E-state index in [9.17, 15) is 18.8 Å². The number of amides is 3. The first-order valence-electron chi connectivity index (χ1n) is 10.8. The Balaban J connectivity index is 1.47. The summed E-state index contributed by atoms with van der Waals surface area (Å²) in [4.78, 5) is 43.5. The van der Waals surface area contributed by atoms with Gasteiger partial charge in [-0.1, -0.05) is 13.3 Å². The number of hydrogen-bond donors (Lipinski definition) is 0. The van der Waals surface area contributed by atoms with Gasteiger partial charge >= 0.3 is 0 Å². The highest BCUT2D eigenvalue weighted by Gasteiger charge is 2.35. The van der Waals surface area contributed by atoms with Crippen LogP contribution >= 0.6 is 0 Å². The number of carbonyl (C=O) groups excluding carboxylic acids is 3. The van der Waals surface area contributed by atoms with E-state index in [2.05, 4.69) is 4.90 Å². The zero-order chi connectivity index (χ0) is 22.0. The number of halogens is 1. The van der Waals surface area contributed by atoms with Gasteiger partial charge < -0.3 is 9.80 Å². The maximum Gasteiger partial charge on any atom is 0.261 e. The molecule has 31 heavy (non-hydrogen) atoms. The molecule has 162 valence electrons. The van der Waals surface area contributed by atoms with Gasteiger partial charge in [-0.25, -0.2) is 4.39 Å². The number of nitrogens with zero attached hydrogens (tertiary/aromatic N) is 3. The van der Waals surface area contributed by atoms with Crippen LogP contribution in [0, 0.1) is 5.82 Å². The molecule has 2 aliphatic heterocycles.